The van der Waals surface area contributed by atoms with E-state index in [0.717, 1.165) is 38.6 Å². The van der Waals surface area contributed by atoms with Crippen LogP contribution in [0.25, 0.3) is 0 Å². The van der Waals surface area contributed by atoms with Crippen molar-refractivity contribution in [1.29, 1.82) is 0 Å². The molecule has 1 saturated carbocycles. The number of hydrogen-bond donors (Lipinski definition) is 0. The van der Waals surface area contributed by atoms with Crippen molar-refractivity contribution in [3.8, 4) is 0 Å². The van der Waals surface area contributed by atoms with Crippen molar-refractivity contribution in [1.82, 2.24) is 4.90 Å². The number of carbonyl (C=O) groups excluding carboxylic acids is 2. The van der Waals surface area contributed by atoms with E-state index < -0.39 is 5.60 Å². The van der Waals surface area contributed by atoms with Gasteiger partial charge in [0, 0.05) is 19.0 Å². The quantitative estimate of drug-likeness (QED) is 0.570. The number of likely N-dealkylation sites (tertiary alicyclic amines) is 1. The highest BCUT2D eigenvalue weighted by atomic mass is 16.6. The largest absolute Gasteiger partial charge is 0.465 e. The highest BCUT2D eigenvalue weighted by Gasteiger charge is 2.40. The highest BCUT2D eigenvalue weighted by Crippen LogP contribution is 2.43. The predicted molar refractivity (Wildman–Crippen MR) is 95.0 cm³/mol. The summed E-state index contributed by atoms with van der Waals surface area (Å²) in [6.07, 6.45) is 9.96. The molecule has 25 heavy (non-hydrogen) atoms. The molecule has 1 aliphatic heterocycles. The van der Waals surface area contributed by atoms with E-state index >= 15 is 0 Å². The summed E-state index contributed by atoms with van der Waals surface area (Å²) in [7, 11) is 0. The Morgan fingerprint density at radius 2 is 1.96 bits per heavy atom. The molecule has 140 valence electrons. The maximum Gasteiger partial charge on any atom is 0.410 e. The topological polar surface area (TPSA) is 55.8 Å². The third kappa shape index (κ3) is 4.56. The summed E-state index contributed by atoms with van der Waals surface area (Å²) < 4.78 is 11.1. The minimum Gasteiger partial charge on any atom is -0.465 e. The van der Waals surface area contributed by atoms with Crippen molar-refractivity contribution < 1.29 is 19.1 Å². The van der Waals surface area contributed by atoms with Gasteiger partial charge in [0.15, 0.2) is 0 Å². The molecule has 2 aliphatic carbocycles. The Hall–Kier alpha value is -1.52. The van der Waals surface area contributed by atoms with Crippen LogP contribution in [0, 0.1) is 17.8 Å². The molecule has 0 aromatic carbocycles. The monoisotopic (exact) mass is 349 g/mol. The molecule has 3 aliphatic rings. The van der Waals surface area contributed by atoms with Crippen LogP contribution in [-0.4, -0.2) is 41.8 Å². The molecule has 4 atom stereocenters. The molecule has 0 spiro atoms. The van der Waals surface area contributed by atoms with Crippen molar-refractivity contribution in [2.24, 2.45) is 17.8 Å². The first kappa shape index (κ1) is 18.3. The first-order valence-corrected chi connectivity index (χ1v) is 9.68. The number of allylic oxidation sites excluding steroid dienone is 2. The van der Waals surface area contributed by atoms with Gasteiger partial charge in [0.1, 0.15) is 5.60 Å². The summed E-state index contributed by atoms with van der Waals surface area (Å²) >= 11 is 0. The molecule has 0 aromatic rings. The Morgan fingerprint density at radius 3 is 2.60 bits per heavy atom. The fourth-order valence-corrected chi connectivity index (χ4v) is 4.32. The molecule has 0 N–H and O–H groups in total. The van der Waals surface area contributed by atoms with Gasteiger partial charge in [-0.05, 0) is 64.7 Å². The smallest absolute Gasteiger partial charge is 0.410 e. The van der Waals surface area contributed by atoms with Crippen LogP contribution in [0.15, 0.2) is 12.2 Å². The van der Waals surface area contributed by atoms with E-state index in [1.165, 1.54) is 0 Å². The van der Waals surface area contributed by atoms with Gasteiger partial charge in [-0.25, -0.2) is 4.79 Å². The molecular weight excluding hydrogens is 318 g/mol. The molecule has 0 radical (unpaired) electrons. The number of piperidine rings is 1. The number of hydrogen-bond acceptors (Lipinski definition) is 4. The van der Waals surface area contributed by atoms with E-state index in [0.29, 0.717) is 24.9 Å². The maximum atomic E-state index is 12.4. The average molecular weight is 349 g/mol. The van der Waals surface area contributed by atoms with Gasteiger partial charge in [-0.2, -0.15) is 0 Å². The molecule has 4 unspecified atom stereocenters. The first-order valence-electron chi connectivity index (χ1n) is 9.68. The number of carbonyl (C=O) groups is 2. The van der Waals surface area contributed by atoms with Crippen LogP contribution in [-0.2, 0) is 14.3 Å². The maximum absolute atomic E-state index is 12.4. The first-order chi connectivity index (χ1) is 11.8. The SMILES string of the molecule is CC(C)(C)OC(=O)N1CCCCC1CCOC(=O)C1CC2C=CC1C2. The third-order valence-electron chi connectivity index (χ3n) is 5.53. The van der Waals surface area contributed by atoms with E-state index in [2.05, 4.69) is 12.2 Å². The molecular formula is C20H31NO4. The minimum absolute atomic E-state index is 0.0447. The molecule has 3 rings (SSSR count). The number of rotatable bonds is 4. The molecule has 0 aromatic heterocycles. The summed E-state index contributed by atoms with van der Waals surface area (Å²) in [4.78, 5) is 26.5. The zero-order chi connectivity index (χ0) is 18.0. The summed E-state index contributed by atoms with van der Waals surface area (Å²) in [6, 6.07) is 0.108. The van der Waals surface area contributed by atoms with Gasteiger partial charge in [0.05, 0.1) is 12.5 Å². The zero-order valence-corrected chi connectivity index (χ0v) is 15.7. The second-order valence-electron chi connectivity index (χ2n) is 8.67. The molecule has 1 amide bonds. The molecule has 2 bridgehead atoms. The van der Waals surface area contributed by atoms with Gasteiger partial charge < -0.3 is 14.4 Å². The normalized spacial score (nSPS) is 31.2. The summed E-state index contributed by atoms with van der Waals surface area (Å²) in [6.45, 7) is 6.77. The van der Waals surface area contributed by atoms with E-state index in [1.807, 2.05) is 25.7 Å². The summed E-state index contributed by atoms with van der Waals surface area (Å²) in [5.41, 5.74) is -0.485. The Balaban J connectivity index is 1.46. The Morgan fingerprint density at radius 1 is 1.16 bits per heavy atom. The lowest BCUT2D eigenvalue weighted by Crippen LogP contribution is -2.46. The fourth-order valence-electron chi connectivity index (χ4n) is 4.32. The minimum atomic E-state index is -0.485. The van der Waals surface area contributed by atoms with Crippen LogP contribution >= 0.6 is 0 Å². The van der Waals surface area contributed by atoms with Gasteiger partial charge in [0.2, 0.25) is 0 Å². The highest BCUT2D eigenvalue weighted by molar-refractivity contribution is 5.74. The number of esters is 1. The molecule has 5 nitrogen and oxygen atoms in total. The second kappa shape index (κ2) is 7.38. The lowest BCUT2D eigenvalue weighted by atomic mass is 9.94. The van der Waals surface area contributed by atoms with Crippen LogP contribution in [0.1, 0.15) is 59.3 Å². The van der Waals surface area contributed by atoms with Crippen molar-refractivity contribution in [3.05, 3.63) is 12.2 Å². The Bertz CT molecular complexity index is 536. The van der Waals surface area contributed by atoms with E-state index in [1.54, 1.807) is 0 Å². The van der Waals surface area contributed by atoms with Crippen LogP contribution in [0.4, 0.5) is 4.79 Å². The van der Waals surface area contributed by atoms with E-state index in [4.69, 9.17) is 9.47 Å². The van der Waals surface area contributed by atoms with E-state index in [9.17, 15) is 9.59 Å². The van der Waals surface area contributed by atoms with Gasteiger partial charge in [-0.15, -0.1) is 0 Å². The van der Waals surface area contributed by atoms with Gasteiger partial charge in [-0.3, -0.25) is 4.79 Å². The molecule has 1 saturated heterocycles. The summed E-state index contributed by atoms with van der Waals surface area (Å²) in [5, 5.41) is 0. The van der Waals surface area contributed by atoms with Crippen LogP contribution in [0.3, 0.4) is 0 Å². The lowest BCUT2D eigenvalue weighted by molar-refractivity contribution is -0.149. The fraction of sp³-hybridized carbons (Fsp3) is 0.800. The average Bonchev–Trinajstić information content (AvgIpc) is 3.16. The molecule has 5 heteroatoms. The van der Waals surface area contributed by atoms with Crippen LogP contribution in [0.2, 0.25) is 0 Å². The Kier molecular flexibility index (Phi) is 5.40. The van der Waals surface area contributed by atoms with E-state index in [-0.39, 0.29) is 24.0 Å². The third-order valence-corrected chi connectivity index (χ3v) is 5.53. The standard InChI is InChI=1S/C20H31NO4/c1-20(2,3)25-19(23)21-10-5-4-6-16(21)9-11-24-18(22)17-13-14-7-8-15(17)12-14/h7-8,14-17H,4-6,9-13H2,1-3H3. The van der Waals surface area contributed by atoms with Crippen LogP contribution in [0.5, 0.6) is 0 Å². The van der Waals surface area contributed by atoms with Gasteiger partial charge in [-0.1, -0.05) is 12.2 Å². The van der Waals surface area contributed by atoms with Gasteiger partial charge in [0.25, 0.3) is 0 Å². The summed E-state index contributed by atoms with van der Waals surface area (Å²) in [5.74, 6) is 0.939. The second-order valence-corrected chi connectivity index (χ2v) is 8.67. The lowest BCUT2D eigenvalue weighted by Gasteiger charge is -2.36. The predicted octanol–water partition coefficient (Wildman–Crippen LogP) is 3.92. The van der Waals surface area contributed by atoms with Crippen molar-refractivity contribution in [3.63, 3.8) is 0 Å². The molecule has 2 fully saturated rings. The number of fused-ring (bicyclic) bond motifs is 2. The van der Waals surface area contributed by atoms with Crippen molar-refractivity contribution >= 4 is 12.1 Å². The molecule has 1 heterocycles. The van der Waals surface area contributed by atoms with Gasteiger partial charge >= 0.3 is 12.1 Å². The van der Waals surface area contributed by atoms with Crippen molar-refractivity contribution in [2.45, 2.75) is 70.9 Å². The van der Waals surface area contributed by atoms with Crippen molar-refractivity contribution in [2.75, 3.05) is 13.2 Å². The Labute approximate surface area is 150 Å². The number of nitrogens with zero attached hydrogens (tertiary/aromatic N) is 1. The van der Waals surface area contributed by atoms with Crippen LogP contribution < -0.4 is 0 Å². The number of ether oxygens (including phenoxy) is 2. The number of amides is 1. The zero-order valence-electron chi connectivity index (χ0n) is 15.7.